The topological polar surface area (TPSA) is 59.1 Å². The number of nitrogens with zero attached hydrogens (tertiary/aromatic N) is 2. The Bertz CT molecular complexity index is 467. The molecule has 0 spiro atoms. The maximum atomic E-state index is 5.77. The summed E-state index contributed by atoms with van der Waals surface area (Å²) < 4.78 is 5.77. The molecule has 0 aromatic carbocycles. The number of nitrogens with one attached hydrogen (secondary N) is 2. The lowest BCUT2D eigenvalue weighted by atomic mass is 9.94. The maximum Gasteiger partial charge on any atom is 0.191 e. The molecule has 0 aliphatic carbocycles. The first-order valence-corrected chi connectivity index (χ1v) is 8.82. The van der Waals surface area contributed by atoms with Crippen LogP contribution < -0.4 is 10.6 Å². The Labute approximate surface area is 131 Å². The normalized spacial score (nSPS) is 21.0. The predicted octanol–water partition coefficient (Wildman–Crippen LogP) is 3.39. The van der Waals surface area contributed by atoms with Gasteiger partial charge in [0.1, 0.15) is 11.6 Å². The van der Waals surface area contributed by atoms with Gasteiger partial charge >= 0.3 is 0 Å². The average Bonchev–Trinajstić information content (AvgIpc) is 2.43. The van der Waals surface area contributed by atoms with E-state index in [0.717, 1.165) is 49.2 Å². The van der Waals surface area contributed by atoms with Crippen LogP contribution in [0.5, 0.6) is 0 Å². The highest BCUT2D eigenvalue weighted by Crippen LogP contribution is 2.27. The highest BCUT2D eigenvalue weighted by molar-refractivity contribution is 7.98. The van der Waals surface area contributed by atoms with Gasteiger partial charge in [0.15, 0.2) is 5.16 Å². The third kappa shape index (κ3) is 5.04. The Morgan fingerprint density at radius 3 is 2.81 bits per heavy atom. The Kier molecular flexibility index (Phi) is 5.70. The number of hydrogen-bond donors (Lipinski definition) is 2. The van der Waals surface area contributed by atoms with Crippen LogP contribution in [0.2, 0.25) is 0 Å². The van der Waals surface area contributed by atoms with Crippen LogP contribution in [0.1, 0.15) is 40.0 Å². The fraction of sp³-hybridized carbons (Fsp3) is 0.733. The first-order chi connectivity index (χ1) is 10.0. The van der Waals surface area contributed by atoms with E-state index in [1.165, 1.54) is 0 Å². The van der Waals surface area contributed by atoms with Crippen molar-refractivity contribution in [2.45, 2.75) is 56.8 Å². The Hall–Kier alpha value is -1.01. The molecule has 0 saturated carbocycles. The second-order valence-electron chi connectivity index (χ2n) is 5.99. The van der Waals surface area contributed by atoms with Gasteiger partial charge in [0, 0.05) is 25.3 Å². The Balaban J connectivity index is 2.07. The van der Waals surface area contributed by atoms with Crippen molar-refractivity contribution in [3.8, 4) is 0 Å². The Morgan fingerprint density at radius 1 is 1.38 bits per heavy atom. The molecule has 1 aliphatic heterocycles. The predicted molar refractivity (Wildman–Crippen MR) is 89.3 cm³/mol. The summed E-state index contributed by atoms with van der Waals surface area (Å²) in [5.74, 6) is 1.79. The third-order valence-electron chi connectivity index (χ3n) is 3.49. The molecule has 0 amide bonds. The SMILES string of the molecule is CCCNc1cc(NC2CCOC(C)(C)C2)nc(SC)n1. The second-order valence-corrected chi connectivity index (χ2v) is 6.77. The van der Waals surface area contributed by atoms with Gasteiger partial charge in [-0.3, -0.25) is 0 Å². The highest BCUT2D eigenvalue weighted by atomic mass is 32.2. The summed E-state index contributed by atoms with van der Waals surface area (Å²) in [5, 5.41) is 7.67. The fourth-order valence-corrected chi connectivity index (χ4v) is 2.88. The first kappa shape index (κ1) is 16.4. The molecular formula is C15H26N4OS. The van der Waals surface area contributed by atoms with E-state index in [4.69, 9.17) is 4.74 Å². The van der Waals surface area contributed by atoms with Crippen LogP contribution in [0.4, 0.5) is 11.6 Å². The molecule has 2 heterocycles. The standard InChI is InChI=1S/C15H26N4OS/c1-5-7-16-12-9-13(19-14(18-12)21-4)17-11-6-8-20-15(2,3)10-11/h9,11H,5-8,10H2,1-4H3,(H2,16,17,18,19). The fourth-order valence-electron chi connectivity index (χ4n) is 2.50. The molecule has 118 valence electrons. The molecule has 1 aromatic heterocycles. The zero-order valence-electron chi connectivity index (χ0n) is 13.4. The molecule has 1 saturated heterocycles. The van der Waals surface area contributed by atoms with Crippen LogP contribution in [-0.2, 0) is 4.74 Å². The molecule has 1 aromatic rings. The number of thioether (sulfide) groups is 1. The van der Waals surface area contributed by atoms with Crippen molar-refractivity contribution in [1.82, 2.24) is 9.97 Å². The number of aromatic nitrogens is 2. The van der Waals surface area contributed by atoms with Gasteiger partial charge in [-0.1, -0.05) is 18.7 Å². The molecular weight excluding hydrogens is 284 g/mol. The zero-order valence-corrected chi connectivity index (χ0v) is 14.2. The Morgan fingerprint density at radius 2 is 2.14 bits per heavy atom. The summed E-state index contributed by atoms with van der Waals surface area (Å²) in [7, 11) is 0. The van der Waals surface area contributed by atoms with Gasteiger partial charge in [-0.25, -0.2) is 9.97 Å². The molecule has 0 bridgehead atoms. The van der Waals surface area contributed by atoms with Gasteiger partial charge in [0.05, 0.1) is 5.60 Å². The summed E-state index contributed by atoms with van der Waals surface area (Å²) in [6.07, 6.45) is 5.08. The molecule has 5 nitrogen and oxygen atoms in total. The van der Waals surface area contributed by atoms with Crippen LogP contribution in [0.25, 0.3) is 0 Å². The minimum absolute atomic E-state index is 0.0609. The lowest BCUT2D eigenvalue weighted by Gasteiger charge is -2.36. The molecule has 21 heavy (non-hydrogen) atoms. The van der Waals surface area contributed by atoms with Crippen molar-refractivity contribution in [3.05, 3.63) is 6.07 Å². The smallest absolute Gasteiger partial charge is 0.191 e. The minimum Gasteiger partial charge on any atom is -0.375 e. The highest BCUT2D eigenvalue weighted by Gasteiger charge is 2.29. The zero-order chi connectivity index (χ0) is 15.3. The molecule has 1 unspecified atom stereocenters. The lowest BCUT2D eigenvalue weighted by Crippen LogP contribution is -2.40. The summed E-state index contributed by atoms with van der Waals surface area (Å²) in [6, 6.07) is 2.40. The summed E-state index contributed by atoms with van der Waals surface area (Å²) in [5.41, 5.74) is -0.0609. The summed E-state index contributed by atoms with van der Waals surface area (Å²) in [4.78, 5) is 9.05. The van der Waals surface area contributed by atoms with Crippen molar-refractivity contribution in [2.24, 2.45) is 0 Å². The van der Waals surface area contributed by atoms with Gasteiger partial charge in [0.2, 0.25) is 0 Å². The molecule has 1 aliphatic rings. The van der Waals surface area contributed by atoms with E-state index < -0.39 is 0 Å². The van der Waals surface area contributed by atoms with Crippen molar-refractivity contribution < 1.29 is 4.74 Å². The second kappa shape index (κ2) is 7.31. The van der Waals surface area contributed by atoms with Crippen LogP contribution in [0, 0.1) is 0 Å². The van der Waals surface area contributed by atoms with Crippen LogP contribution in [0.3, 0.4) is 0 Å². The van der Waals surface area contributed by atoms with Crippen molar-refractivity contribution in [1.29, 1.82) is 0 Å². The molecule has 1 atom stereocenters. The van der Waals surface area contributed by atoms with Crippen molar-refractivity contribution >= 4 is 23.4 Å². The maximum absolute atomic E-state index is 5.77. The average molecular weight is 310 g/mol. The quantitative estimate of drug-likeness (QED) is 0.620. The van der Waals surface area contributed by atoms with E-state index in [2.05, 4.69) is 41.4 Å². The van der Waals surface area contributed by atoms with E-state index in [9.17, 15) is 0 Å². The number of anilines is 2. The molecule has 0 radical (unpaired) electrons. The van der Waals surface area contributed by atoms with Crippen molar-refractivity contribution in [3.63, 3.8) is 0 Å². The van der Waals surface area contributed by atoms with Gasteiger partial charge in [-0.15, -0.1) is 0 Å². The van der Waals surface area contributed by atoms with Gasteiger partial charge in [0.25, 0.3) is 0 Å². The number of hydrogen-bond acceptors (Lipinski definition) is 6. The van der Waals surface area contributed by atoms with Gasteiger partial charge in [-0.2, -0.15) is 0 Å². The summed E-state index contributed by atoms with van der Waals surface area (Å²) in [6.45, 7) is 8.15. The van der Waals surface area contributed by atoms with E-state index in [0.29, 0.717) is 6.04 Å². The molecule has 2 rings (SSSR count). The number of ether oxygens (including phenoxy) is 1. The van der Waals surface area contributed by atoms with E-state index >= 15 is 0 Å². The van der Waals surface area contributed by atoms with E-state index in [1.54, 1.807) is 11.8 Å². The van der Waals surface area contributed by atoms with E-state index in [1.807, 2.05) is 12.3 Å². The lowest BCUT2D eigenvalue weighted by molar-refractivity contribution is -0.0553. The van der Waals surface area contributed by atoms with Crippen LogP contribution in [-0.4, -0.2) is 41.0 Å². The third-order valence-corrected chi connectivity index (χ3v) is 4.04. The van der Waals surface area contributed by atoms with Gasteiger partial charge < -0.3 is 15.4 Å². The molecule has 1 fully saturated rings. The van der Waals surface area contributed by atoms with Crippen LogP contribution >= 0.6 is 11.8 Å². The summed E-state index contributed by atoms with van der Waals surface area (Å²) >= 11 is 1.57. The molecule has 2 N–H and O–H groups in total. The largest absolute Gasteiger partial charge is 0.375 e. The molecule has 6 heteroatoms. The van der Waals surface area contributed by atoms with Gasteiger partial charge in [-0.05, 0) is 39.4 Å². The minimum atomic E-state index is -0.0609. The van der Waals surface area contributed by atoms with Crippen molar-refractivity contribution in [2.75, 3.05) is 30.0 Å². The van der Waals surface area contributed by atoms with Crippen LogP contribution in [0.15, 0.2) is 11.2 Å². The monoisotopic (exact) mass is 310 g/mol. The number of rotatable bonds is 6. The van der Waals surface area contributed by atoms with E-state index in [-0.39, 0.29) is 5.60 Å². The first-order valence-electron chi connectivity index (χ1n) is 7.60.